The highest BCUT2D eigenvalue weighted by atomic mass is 16.6. The van der Waals surface area contributed by atoms with Gasteiger partial charge in [0, 0.05) is 18.1 Å². The molecule has 0 fully saturated rings. The second-order valence-corrected chi connectivity index (χ2v) is 7.64. The van der Waals surface area contributed by atoms with Crippen LogP contribution in [-0.4, -0.2) is 53.8 Å². The molecule has 10 heteroatoms. The SMILES string of the molecule is O=C(/C=C\c1ccc(O)c(O)c1/C=C/c1ccc(O)c(O)c1)O[C@H](Cc1ccc(O)c(O)c1)C(=O)O. The minimum Gasteiger partial charge on any atom is -0.504 e. The number of benzene rings is 3. The van der Waals surface area contributed by atoms with Gasteiger partial charge >= 0.3 is 11.9 Å². The summed E-state index contributed by atoms with van der Waals surface area (Å²) in [6, 6.07) is 10.4. The maximum absolute atomic E-state index is 12.3. The molecule has 0 saturated heterocycles. The number of esters is 1. The summed E-state index contributed by atoms with van der Waals surface area (Å²) in [5.74, 6) is -4.82. The molecule has 0 aliphatic carbocycles. The van der Waals surface area contributed by atoms with Crippen molar-refractivity contribution in [2.75, 3.05) is 0 Å². The first-order valence-corrected chi connectivity index (χ1v) is 10.4. The molecule has 3 aromatic rings. The van der Waals surface area contributed by atoms with Gasteiger partial charge in [0.2, 0.25) is 6.10 Å². The first-order chi connectivity index (χ1) is 17.0. The molecule has 186 valence electrons. The molecule has 0 amide bonds. The monoisotopic (exact) mass is 494 g/mol. The van der Waals surface area contributed by atoms with E-state index in [1.54, 1.807) is 0 Å². The number of hydrogen-bond donors (Lipinski definition) is 7. The summed E-state index contributed by atoms with van der Waals surface area (Å²) >= 11 is 0. The van der Waals surface area contributed by atoms with Crippen LogP contribution in [0.5, 0.6) is 34.5 Å². The third-order valence-electron chi connectivity index (χ3n) is 5.07. The highest BCUT2D eigenvalue weighted by Gasteiger charge is 2.22. The molecule has 36 heavy (non-hydrogen) atoms. The smallest absolute Gasteiger partial charge is 0.345 e. The van der Waals surface area contributed by atoms with E-state index < -0.39 is 35.3 Å². The van der Waals surface area contributed by atoms with Crippen molar-refractivity contribution in [1.82, 2.24) is 0 Å². The van der Waals surface area contributed by atoms with Gasteiger partial charge in [0.05, 0.1) is 0 Å². The summed E-state index contributed by atoms with van der Waals surface area (Å²) in [5.41, 5.74) is 1.16. The van der Waals surface area contributed by atoms with Crippen LogP contribution in [0.1, 0.15) is 22.3 Å². The molecule has 0 heterocycles. The van der Waals surface area contributed by atoms with Gasteiger partial charge in [0.15, 0.2) is 34.5 Å². The molecule has 0 aliphatic rings. The molecule has 0 radical (unpaired) electrons. The van der Waals surface area contributed by atoms with Crippen LogP contribution in [0.25, 0.3) is 18.2 Å². The fourth-order valence-electron chi connectivity index (χ4n) is 3.18. The largest absolute Gasteiger partial charge is 0.504 e. The van der Waals surface area contributed by atoms with Gasteiger partial charge in [-0.05, 0) is 59.2 Å². The molecule has 1 atom stereocenters. The van der Waals surface area contributed by atoms with Crippen molar-refractivity contribution in [3.63, 3.8) is 0 Å². The number of hydrogen-bond acceptors (Lipinski definition) is 9. The molecular formula is C26H22O10. The van der Waals surface area contributed by atoms with Gasteiger partial charge < -0.3 is 40.5 Å². The second kappa shape index (κ2) is 10.9. The third kappa shape index (κ3) is 6.26. The molecule has 0 spiro atoms. The van der Waals surface area contributed by atoms with Gasteiger partial charge in [-0.2, -0.15) is 0 Å². The van der Waals surface area contributed by atoms with Crippen LogP contribution < -0.4 is 0 Å². The Morgan fingerprint density at radius 1 is 0.750 bits per heavy atom. The van der Waals surface area contributed by atoms with Crippen LogP contribution in [0.2, 0.25) is 0 Å². The number of carbonyl (C=O) groups excluding carboxylic acids is 1. The molecule has 0 aliphatic heterocycles. The van der Waals surface area contributed by atoms with Crippen LogP contribution >= 0.6 is 0 Å². The molecule has 3 aromatic carbocycles. The first kappa shape index (κ1) is 25.5. The van der Waals surface area contributed by atoms with E-state index in [9.17, 15) is 45.3 Å². The van der Waals surface area contributed by atoms with E-state index in [0.29, 0.717) is 11.1 Å². The Morgan fingerprint density at radius 2 is 1.39 bits per heavy atom. The summed E-state index contributed by atoms with van der Waals surface area (Å²) in [6.45, 7) is 0. The van der Waals surface area contributed by atoms with E-state index in [1.165, 1.54) is 60.7 Å². The Morgan fingerprint density at radius 3 is 2.03 bits per heavy atom. The van der Waals surface area contributed by atoms with Crippen molar-refractivity contribution in [2.45, 2.75) is 12.5 Å². The average molecular weight is 494 g/mol. The highest BCUT2D eigenvalue weighted by molar-refractivity contribution is 5.91. The van der Waals surface area contributed by atoms with Crippen LogP contribution in [0.3, 0.4) is 0 Å². The lowest BCUT2D eigenvalue weighted by Crippen LogP contribution is -2.28. The summed E-state index contributed by atoms with van der Waals surface area (Å²) in [5, 5.41) is 67.5. The number of carboxylic acids is 1. The van der Waals surface area contributed by atoms with Crippen LogP contribution in [0.4, 0.5) is 0 Å². The number of rotatable bonds is 8. The summed E-state index contributed by atoms with van der Waals surface area (Å²) in [7, 11) is 0. The van der Waals surface area contributed by atoms with Crippen molar-refractivity contribution in [2.24, 2.45) is 0 Å². The fourth-order valence-corrected chi connectivity index (χ4v) is 3.18. The van der Waals surface area contributed by atoms with Gasteiger partial charge in [-0.15, -0.1) is 0 Å². The quantitative estimate of drug-likeness (QED) is 0.106. The second-order valence-electron chi connectivity index (χ2n) is 7.64. The van der Waals surface area contributed by atoms with Crippen molar-refractivity contribution >= 4 is 30.2 Å². The highest BCUT2D eigenvalue weighted by Crippen LogP contribution is 2.34. The topological polar surface area (TPSA) is 185 Å². The van der Waals surface area contributed by atoms with E-state index in [2.05, 4.69) is 0 Å². The number of carboxylic acid groups (broad SMARTS) is 1. The number of phenolic OH excluding ortho intramolecular Hbond substituents is 6. The Kier molecular flexibility index (Phi) is 7.70. The van der Waals surface area contributed by atoms with Gasteiger partial charge in [-0.25, -0.2) is 9.59 Å². The van der Waals surface area contributed by atoms with Crippen molar-refractivity contribution < 1.29 is 50.1 Å². The fraction of sp³-hybridized carbons (Fsp3) is 0.0769. The van der Waals surface area contributed by atoms with E-state index in [1.807, 2.05) is 0 Å². The van der Waals surface area contributed by atoms with Gasteiger partial charge in [-0.1, -0.05) is 24.3 Å². The Bertz CT molecular complexity index is 1360. The molecule has 0 aromatic heterocycles. The zero-order valence-corrected chi connectivity index (χ0v) is 18.6. The molecule has 0 saturated carbocycles. The number of aliphatic carboxylic acids is 1. The standard InChI is InChI=1S/C26H22O10/c27-18-7-2-14(11-21(18)30)1-6-17-16(4-9-20(29)25(17)33)5-10-24(32)36-23(26(34)35)13-15-3-8-19(28)22(31)12-15/h1-12,23,27-31,33H,13H2,(H,34,35)/b6-1+,10-5-/t23-/m1/s1. The van der Waals surface area contributed by atoms with E-state index in [0.717, 1.165) is 12.1 Å². The summed E-state index contributed by atoms with van der Waals surface area (Å²) in [4.78, 5) is 23.9. The number of ether oxygens (including phenoxy) is 1. The first-order valence-electron chi connectivity index (χ1n) is 10.4. The molecule has 0 bridgehead atoms. The maximum atomic E-state index is 12.3. The van der Waals surface area contributed by atoms with Crippen LogP contribution in [0.15, 0.2) is 54.6 Å². The van der Waals surface area contributed by atoms with Crippen molar-refractivity contribution in [3.8, 4) is 34.5 Å². The lowest BCUT2D eigenvalue weighted by molar-refractivity contribution is -0.160. The van der Waals surface area contributed by atoms with Crippen molar-refractivity contribution in [1.29, 1.82) is 0 Å². The molecular weight excluding hydrogens is 472 g/mol. The Hall–Kier alpha value is -5.12. The average Bonchev–Trinajstić information content (AvgIpc) is 2.83. The van der Waals surface area contributed by atoms with E-state index in [-0.39, 0.29) is 34.8 Å². The lowest BCUT2D eigenvalue weighted by atomic mass is 10.0. The molecule has 3 rings (SSSR count). The van der Waals surface area contributed by atoms with E-state index in [4.69, 9.17) is 4.74 Å². The van der Waals surface area contributed by atoms with Crippen LogP contribution in [-0.2, 0) is 20.7 Å². The normalized spacial score (nSPS) is 12.1. The van der Waals surface area contributed by atoms with Crippen LogP contribution in [0, 0.1) is 0 Å². The maximum Gasteiger partial charge on any atom is 0.345 e. The molecule has 10 nitrogen and oxygen atoms in total. The lowest BCUT2D eigenvalue weighted by Gasteiger charge is -2.13. The number of aromatic hydroxyl groups is 6. The number of phenols is 6. The predicted molar refractivity (Wildman–Crippen MR) is 128 cm³/mol. The summed E-state index contributed by atoms with van der Waals surface area (Å²) in [6.07, 6.45) is 3.23. The van der Waals surface area contributed by atoms with Gasteiger partial charge in [0.1, 0.15) is 0 Å². The predicted octanol–water partition coefficient (Wildman–Crippen LogP) is 3.34. The summed E-state index contributed by atoms with van der Waals surface area (Å²) < 4.78 is 5.00. The zero-order valence-electron chi connectivity index (χ0n) is 18.6. The van der Waals surface area contributed by atoms with Crippen molar-refractivity contribution in [3.05, 3.63) is 76.9 Å². The minimum atomic E-state index is -1.58. The number of carbonyl (C=O) groups is 2. The minimum absolute atomic E-state index is 0.112. The van der Waals surface area contributed by atoms with Gasteiger partial charge in [0.25, 0.3) is 0 Å². The Balaban J connectivity index is 1.79. The third-order valence-corrected chi connectivity index (χ3v) is 5.07. The Labute approximate surface area is 204 Å². The van der Waals surface area contributed by atoms with E-state index >= 15 is 0 Å². The zero-order chi connectivity index (χ0) is 26.4. The molecule has 7 N–H and O–H groups in total. The van der Waals surface area contributed by atoms with Gasteiger partial charge in [-0.3, -0.25) is 0 Å². The molecule has 0 unspecified atom stereocenters.